The van der Waals surface area contributed by atoms with Gasteiger partial charge >= 0.3 is 0 Å². The second-order valence-electron chi connectivity index (χ2n) is 6.59. The standard InChI is InChI=1S/C17H19N7O2/c1-11-6-14(20-19-11)7-13-8-23(9-16(13)25)17(26)12-2-4-15(5-3-12)24-10-18-21-22-24/h2-6,10,13,16,25H,7-9H2,1H3,(H,19,20)/t13-,16-/m1/s1. The lowest BCUT2D eigenvalue weighted by atomic mass is 10.0. The number of nitrogens with one attached hydrogen (secondary N) is 1. The van der Waals surface area contributed by atoms with Crippen molar-refractivity contribution in [3.8, 4) is 5.69 Å². The third-order valence-electron chi connectivity index (χ3n) is 4.65. The Labute approximate surface area is 149 Å². The summed E-state index contributed by atoms with van der Waals surface area (Å²) in [5.41, 5.74) is 3.25. The van der Waals surface area contributed by atoms with Gasteiger partial charge in [0.25, 0.3) is 5.91 Å². The van der Waals surface area contributed by atoms with Crippen molar-refractivity contribution in [3.05, 3.63) is 53.6 Å². The quantitative estimate of drug-likeness (QED) is 0.701. The van der Waals surface area contributed by atoms with E-state index in [1.807, 2.05) is 13.0 Å². The molecule has 0 saturated carbocycles. The molecule has 9 heteroatoms. The van der Waals surface area contributed by atoms with Gasteiger partial charge in [-0.25, -0.2) is 4.68 Å². The molecule has 0 unspecified atom stereocenters. The number of benzene rings is 1. The highest BCUT2D eigenvalue weighted by Gasteiger charge is 2.34. The SMILES string of the molecule is Cc1cc(C[C@@H]2CN(C(=O)c3ccc(-n4cnnn4)cc3)C[C@H]2O)n[nH]1. The van der Waals surface area contributed by atoms with Gasteiger partial charge in [-0.15, -0.1) is 5.10 Å². The van der Waals surface area contributed by atoms with E-state index >= 15 is 0 Å². The van der Waals surface area contributed by atoms with E-state index in [1.165, 1.54) is 11.0 Å². The molecule has 0 spiro atoms. The molecule has 134 valence electrons. The van der Waals surface area contributed by atoms with Crippen molar-refractivity contribution in [2.45, 2.75) is 19.4 Å². The van der Waals surface area contributed by atoms with E-state index in [-0.39, 0.29) is 11.8 Å². The van der Waals surface area contributed by atoms with Crippen LogP contribution in [0, 0.1) is 12.8 Å². The fourth-order valence-corrected chi connectivity index (χ4v) is 3.29. The number of carbonyl (C=O) groups excluding carboxylic acids is 1. The van der Waals surface area contributed by atoms with Gasteiger partial charge in [0.05, 0.1) is 17.5 Å². The molecule has 3 heterocycles. The van der Waals surface area contributed by atoms with Crippen LogP contribution in [0.3, 0.4) is 0 Å². The van der Waals surface area contributed by atoms with Gasteiger partial charge in [-0.2, -0.15) is 5.10 Å². The third kappa shape index (κ3) is 3.21. The predicted octanol–water partition coefficient (Wildman–Crippen LogP) is 0.369. The molecule has 1 aliphatic rings. The van der Waals surface area contributed by atoms with Crippen LogP contribution in [0.4, 0.5) is 0 Å². The fourth-order valence-electron chi connectivity index (χ4n) is 3.29. The molecule has 1 saturated heterocycles. The molecular weight excluding hydrogens is 334 g/mol. The number of hydrogen-bond donors (Lipinski definition) is 2. The molecule has 0 aliphatic carbocycles. The first kappa shape index (κ1) is 16.4. The van der Waals surface area contributed by atoms with E-state index in [0.29, 0.717) is 25.1 Å². The maximum absolute atomic E-state index is 12.7. The van der Waals surface area contributed by atoms with Crippen molar-refractivity contribution in [2.24, 2.45) is 5.92 Å². The largest absolute Gasteiger partial charge is 0.391 e. The summed E-state index contributed by atoms with van der Waals surface area (Å²) in [6.07, 6.45) is 1.60. The molecule has 1 amide bonds. The molecule has 26 heavy (non-hydrogen) atoms. The van der Waals surface area contributed by atoms with E-state index < -0.39 is 6.10 Å². The maximum Gasteiger partial charge on any atom is 0.253 e. The topological polar surface area (TPSA) is 113 Å². The van der Waals surface area contributed by atoms with Gasteiger partial charge in [0, 0.05) is 30.3 Å². The summed E-state index contributed by atoms with van der Waals surface area (Å²) >= 11 is 0. The normalized spacial score (nSPS) is 19.8. The number of tetrazole rings is 1. The predicted molar refractivity (Wildman–Crippen MR) is 91.6 cm³/mol. The second kappa shape index (κ2) is 6.68. The number of amides is 1. The number of aromatic amines is 1. The summed E-state index contributed by atoms with van der Waals surface area (Å²) in [5, 5.41) is 28.5. The average molecular weight is 353 g/mol. The first-order valence-electron chi connectivity index (χ1n) is 8.42. The van der Waals surface area contributed by atoms with Crippen LogP contribution in [0.2, 0.25) is 0 Å². The van der Waals surface area contributed by atoms with Crippen LogP contribution in [0.5, 0.6) is 0 Å². The van der Waals surface area contributed by atoms with Gasteiger partial charge in [0.15, 0.2) is 0 Å². The van der Waals surface area contributed by atoms with E-state index in [4.69, 9.17) is 0 Å². The molecular formula is C17H19N7O2. The maximum atomic E-state index is 12.7. The van der Waals surface area contributed by atoms with Crippen LogP contribution in [-0.2, 0) is 6.42 Å². The van der Waals surface area contributed by atoms with Gasteiger partial charge in [0.2, 0.25) is 0 Å². The van der Waals surface area contributed by atoms with E-state index in [9.17, 15) is 9.90 Å². The molecule has 1 fully saturated rings. The molecule has 4 rings (SSSR count). The fraction of sp³-hybridized carbons (Fsp3) is 0.353. The Kier molecular flexibility index (Phi) is 4.21. The van der Waals surface area contributed by atoms with Gasteiger partial charge < -0.3 is 10.0 Å². The number of aliphatic hydroxyl groups is 1. The Bertz CT molecular complexity index is 888. The van der Waals surface area contributed by atoms with Crippen molar-refractivity contribution < 1.29 is 9.90 Å². The lowest BCUT2D eigenvalue weighted by Gasteiger charge is -2.16. The van der Waals surface area contributed by atoms with E-state index in [0.717, 1.165) is 17.1 Å². The number of rotatable bonds is 4. The van der Waals surface area contributed by atoms with Gasteiger partial charge in [-0.05, 0) is 54.1 Å². The lowest BCUT2D eigenvalue weighted by molar-refractivity contribution is 0.0764. The zero-order valence-electron chi connectivity index (χ0n) is 14.3. The highest BCUT2D eigenvalue weighted by Crippen LogP contribution is 2.23. The van der Waals surface area contributed by atoms with Gasteiger partial charge in [-0.1, -0.05) is 0 Å². The number of nitrogens with zero attached hydrogens (tertiary/aromatic N) is 6. The number of hydrogen-bond acceptors (Lipinski definition) is 6. The van der Waals surface area contributed by atoms with E-state index in [1.54, 1.807) is 29.2 Å². The molecule has 3 aromatic rings. The Morgan fingerprint density at radius 3 is 2.77 bits per heavy atom. The van der Waals surface area contributed by atoms with Crippen LogP contribution in [0.1, 0.15) is 21.7 Å². The summed E-state index contributed by atoms with van der Waals surface area (Å²) in [5.74, 6) is -0.102. The summed E-state index contributed by atoms with van der Waals surface area (Å²) in [6, 6.07) is 9.04. The Balaban J connectivity index is 1.43. The Morgan fingerprint density at radius 2 is 2.12 bits per heavy atom. The molecule has 2 aromatic heterocycles. The zero-order valence-corrected chi connectivity index (χ0v) is 14.3. The summed E-state index contributed by atoms with van der Waals surface area (Å²) in [4.78, 5) is 14.4. The number of H-pyrrole nitrogens is 1. The van der Waals surface area contributed by atoms with Crippen molar-refractivity contribution >= 4 is 5.91 Å². The summed E-state index contributed by atoms with van der Waals surface area (Å²) < 4.78 is 1.52. The monoisotopic (exact) mass is 353 g/mol. The third-order valence-corrected chi connectivity index (χ3v) is 4.65. The van der Waals surface area contributed by atoms with Crippen molar-refractivity contribution in [3.63, 3.8) is 0 Å². The minimum atomic E-state index is -0.545. The molecule has 0 bridgehead atoms. The number of aromatic nitrogens is 6. The number of carbonyl (C=O) groups is 1. The molecule has 2 atom stereocenters. The first-order chi connectivity index (χ1) is 12.6. The van der Waals surface area contributed by atoms with Crippen LogP contribution in [0.15, 0.2) is 36.7 Å². The number of β-amino-alcohol motifs (C(OH)–C–C–N with tert-alkyl or cyclic N) is 1. The molecule has 0 radical (unpaired) electrons. The van der Waals surface area contributed by atoms with Gasteiger partial charge in [0.1, 0.15) is 6.33 Å². The average Bonchev–Trinajstić information content (AvgIpc) is 3.38. The summed E-state index contributed by atoms with van der Waals surface area (Å²) in [7, 11) is 0. The number of aryl methyl sites for hydroxylation is 1. The highest BCUT2D eigenvalue weighted by atomic mass is 16.3. The van der Waals surface area contributed by atoms with Crippen LogP contribution >= 0.6 is 0 Å². The van der Waals surface area contributed by atoms with Crippen LogP contribution in [-0.4, -0.2) is 65.5 Å². The number of aliphatic hydroxyl groups excluding tert-OH is 1. The second-order valence-corrected chi connectivity index (χ2v) is 6.59. The van der Waals surface area contributed by atoms with Crippen LogP contribution in [0.25, 0.3) is 5.69 Å². The highest BCUT2D eigenvalue weighted by molar-refractivity contribution is 5.94. The number of likely N-dealkylation sites (tertiary alicyclic amines) is 1. The Morgan fingerprint density at radius 1 is 1.31 bits per heavy atom. The summed E-state index contributed by atoms with van der Waals surface area (Å²) in [6.45, 7) is 2.79. The van der Waals surface area contributed by atoms with Crippen molar-refractivity contribution in [1.82, 2.24) is 35.3 Å². The molecule has 1 aliphatic heterocycles. The van der Waals surface area contributed by atoms with Crippen LogP contribution < -0.4 is 0 Å². The molecule has 2 N–H and O–H groups in total. The molecule has 1 aromatic carbocycles. The first-order valence-corrected chi connectivity index (χ1v) is 8.42. The smallest absolute Gasteiger partial charge is 0.253 e. The van der Waals surface area contributed by atoms with Crippen molar-refractivity contribution in [1.29, 1.82) is 0 Å². The minimum Gasteiger partial charge on any atom is -0.391 e. The Hall–Kier alpha value is -3.07. The van der Waals surface area contributed by atoms with E-state index in [2.05, 4.69) is 25.7 Å². The van der Waals surface area contributed by atoms with Gasteiger partial charge in [-0.3, -0.25) is 9.89 Å². The lowest BCUT2D eigenvalue weighted by Crippen LogP contribution is -2.29. The molecule has 9 nitrogen and oxygen atoms in total. The zero-order chi connectivity index (χ0) is 18.1. The van der Waals surface area contributed by atoms with Crippen molar-refractivity contribution in [2.75, 3.05) is 13.1 Å². The minimum absolute atomic E-state index is 0.0119.